The maximum absolute atomic E-state index is 3.47. The molecule has 1 aliphatic rings. The van der Waals surface area contributed by atoms with E-state index in [-0.39, 0.29) is 0 Å². The number of rotatable bonds is 0. The fourth-order valence-corrected chi connectivity index (χ4v) is 2.05. The molecule has 2 unspecified atom stereocenters. The molecular weight excluding hydrogens is 208 g/mol. The molecule has 6 heavy (non-hydrogen) atoms. The molecule has 0 aromatic carbocycles. The standard InChI is InChI=1S/C4H6Br2/c1-2-3(5)4(2)6/h2-4H,1H3. The lowest BCUT2D eigenvalue weighted by Gasteiger charge is -1.64. The summed E-state index contributed by atoms with van der Waals surface area (Å²) in [5.74, 6) is 0.852. The third-order valence-corrected chi connectivity index (χ3v) is 4.68. The van der Waals surface area contributed by atoms with Crippen LogP contribution in [0.3, 0.4) is 0 Å². The van der Waals surface area contributed by atoms with E-state index in [9.17, 15) is 0 Å². The Bertz CT molecular complexity index is 42.3. The predicted molar refractivity (Wildman–Crippen MR) is 34.6 cm³/mol. The zero-order chi connectivity index (χ0) is 4.73. The third-order valence-electron chi connectivity index (χ3n) is 1.17. The average molecular weight is 214 g/mol. The Morgan fingerprint density at radius 2 is 1.33 bits per heavy atom. The zero-order valence-corrected chi connectivity index (χ0v) is 6.66. The molecule has 0 aromatic heterocycles. The largest absolute Gasteiger partial charge is 0.0875 e. The number of alkyl halides is 2. The van der Waals surface area contributed by atoms with Crippen molar-refractivity contribution < 1.29 is 0 Å². The maximum atomic E-state index is 3.47. The molecule has 0 nitrogen and oxygen atoms in total. The van der Waals surface area contributed by atoms with Crippen LogP contribution in [0.15, 0.2) is 0 Å². The van der Waals surface area contributed by atoms with E-state index in [1.165, 1.54) is 0 Å². The van der Waals surface area contributed by atoms with E-state index in [1.807, 2.05) is 0 Å². The Hall–Kier alpha value is 0.960. The van der Waals surface area contributed by atoms with Gasteiger partial charge in [0.2, 0.25) is 0 Å². The molecule has 2 heteroatoms. The summed E-state index contributed by atoms with van der Waals surface area (Å²) in [7, 11) is 0. The molecule has 1 aliphatic carbocycles. The third kappa shape index (κ3) is 0.648. The lowest BCUT2D eigenvalue weighted by Crippen LogP contribution is -1.61. The van der Waals surface area contributed by atoms with Crippen molar-refractivity contribution in [2.24, 2.45) is 5.92 Å². The van der Waals surface area contributed by atoms with Crippen LogP contribution in [0, 0.1) is 5.92 Å². The Morgan fingerprint density at radius 1 is 1.17 bits per heavy atom. The van der Waals surface area contributed by atoms with Crippen molar-refractivity contribution in [2.45, 2.75) is 16.6 Å². The van der Waals surface area contributed by atoms with Gasteiger partial charge in [-0.3, -0.25) is 0 Å². The van der Waals surface area contributed by atoms with Gasteiger partial charge in [0.25, 0.3) is 0 Å². The number of hydrogen-bond acceptors (Lipinski definition) is 0. The fraction of sp³-hybridized carbons (Fsp3) is 1.00. The molecule has 0 aliphatic heterocycles. The Morgan fingerprint density at radius 3 is 1.33 bits per heavy atom. The van der Waals surface area contributed by atoms with Crippen LogP contribution in [-0.4, -0.2) is 9.65 Å². The minimum atomic E-state index is 0.748. The highest BCUT2D eigenvalue weighted by atomic mass is 79.9. The topological polar surface area (TPSA) is 0 Å². The fourth-order valence-electron chi connectivity index (χ4n) is 0.368. The minimum Gasteiger partial charge on any atom is -0.0875 e. The molecule has 0 N–H and O–H groups in total. The monoisotopic (exact) mass is 212 g/mol. The van der Waals surface area contributed by atoms with Gasteiger partial charge in [-0.25, -0.2) is 0 Å². The first-order valence-corrected chi connectivity index (χ1v) is 3.85. The van der Waals surface area contributed by atoms with Crippen molar-refractivity contribution in [1.82, 2.24) is 0 Å². The van der Waals surface area contributed by atoms with Crippen LogP contribution in [0.4, 0.5) is 0 Å². The van der Waals surface area contributed by atoms with Crippen LogP contribution in [-0.2, 0) is 0 Å². The lowest BCUT2D eigenvalue weighted by atomic mass is 10.5. The van der Waals surface area contributed by atoms with Gasteiger partial charge in [-0.15, -0.1) is 0 Å². The molecule has 1 saturated carbocycles. The Balaban J connectivity index is 2.31. The highest BCUT2D eigenvalue weighted by Crippen LogP contribution is 2.43. The van der Waals surface area contributed by atoms with Crippen molar-refractivity contribution >= 4 is 31.9 Å². The van der Waals surface area contributed by atoms with Crippen molar-refractivity contribution in [1.29, 1.82) is 0 Å². The van der Waals surface area contributed by atoms with Crippen LogP contribution in [0.1, 0.15) is 6.92 Å². The van der Waals surface area contributed by atoms with Crippen LogP contribution in [0.25, 0.3) is 0 Å². The summed E-state index contributed by atoms with van der Waals surface area (Å²) in [6.45, 7) is 2.22. The molecule has 1 fully saturated rings. The van der Waals surface area contributed by atoms with Gasteiger partial charge in [-0.05, 0) is 5.92 Å². The zero-order valence-electron chi connectivity index (χ0n) is 3.49. The van der Waals surface area contributed by atoms with Gasteiger partial charge in [0, 0.05) is 9.65 Å². The molecule has 0 spiro atoms. The van der Waals surface area contributed by atoms with Crippen LogP contribution >= 0.6 is 31.9 Å². The van der Waals surface area contributed by atoms with Crippen molar-refractivity contribution in [3.8, 4) is 0 Å². The SMILES string of the molecule is CC1C(Br)C1Br. The molecule has 0 radical (unpaired) electrons. The molecule has 1 rings (SSSR count). The molecule has 0 saturated heterocycles. The molecule has 0 bridgehead atoms. The van der Waals surface area contributed by atoms with E-state index in [2.05, 4.69) is 38.8 Å². The Labute approximate surface area is 54.6 Å². The van der Waals surface area contributed by atoms with Crippen LogP contribution < -0.4 is 0 Å². The summed E-state index contributed by atoms with van der Waals surface area (Å²) in [5, 5.41) is 0. The summed E-state index contributed by atoms with van der Waals surface area (Å²) in [4.78, 5) is 1.50. The van der Waals surface area contributed by atoms with Gasteiger partial charge in [-0.1, -0.05) is 38.8 Å². The van der Waals surface area contributed by atoms with Gasteiger partial charge in [-0.2, -0.15) is 0 Å². The van der Waals surface area contributed by atoms with Crippen molar-refractivity contribution in [2.75, 3.05) is 0 Å². The number of hydrogen-bond donors (Lipinski definition) is 0. The summed E-state index contributed by atoms with van der Waals surface area (Å²) in [6, 6.07) is 0. The smallest absolute Gasteiger partial charge is 0.0310 e. The van der Waals surface area contributed by atoms with Gasteiger partial charge < -0.3 is 0 Å². The highest BCUT2D eigenvalue weighted by Gasteiger charge is 2.42. The van der Waals surface area contributed by atoms with Gasteiger partial charge in [0.1, 0.15) is 0 Å². The van der Waals surface area contributed by atoms with Gasteiger partial charge in [0.05, 0.1) is 0 Å². The van der Waals surface area contributed by atoms with Crippen molar-refractivity contribution in [3.63, 3.8) is 0 Å². The molecule has 36 valence electrons. The maximum Gasteiger partial charge on any atom is 0.0310 e. The minimum absolute atomic E-state index is 0.748. The van der Waals surface area contributed by atoms with Gasteiger partial charge in [0.15, 0.2) is 0 Å². The summed E-state index contributed by atoms with van der Waals surface area (Å²) >= 11 is 6.93. The average Bonchev–Trinajstić information content (AvgIpc) is 1.94. The first-order valence-electron chi connectivity index (χ1n) is 2.01. The highest BCUT2D eigenvalue weighted by molar-refractivity contribution is 9.13. The van der Waals surface area contributed by atoms with Crippen LogP contribution in [0.2, 0.25) is 0 Å². The van der Waals surface area contributed by atoms with Gasteiger partial charge >= 0.3 is 0 Å². The van der Waals surface area contributed by atoms with E-state index in [0.717, 1.165) is 15.6 Å². The van der Waals surface area contributed by atoms with E-state index in [1.54, 1.807) is 0 Å². The first-order chi connectivity index (χ1) is 2.73. The van der Waals surface area contributed by atoms with E-state index >= 15 is 0 Å². The molecule has 0 aromatic rings. The van der Waals surface area contributed by atoms with Crippen molar-refractivity contribution in [3.05, 3.63) is 0 Å². The second-order valence-corrected chi connectivity index (χ2v) is 3.86. The Kier molecular flexibility index (Phi) is 1.26. The first kappa shape index (κ1) is 5.10. The molecular formula is C4H6Br2. The molecule has 0 heterocycles. The van der Waals surface area contributed by atoms with E-state index < -0.39 is 0 Å². The lowest BCUT2D eigenvalue weighted by molar-refractivity contribution is 1.00. The second-order valence-electron chi connectivity index (χ2n) is 1.75. The van der Waals surface area contributed by atoms with E-state index in [4.69, 9.17) is 0 Å². The second kappa shape index (κ2) is 1.48. The number of halogens is 2. The summed E-state index contributed by atoms with van der Waals surface area (Å²) in [5.41, 5.74) is 0. The summed E-state index contributed by atoms with van der Waals surface area (Å²) < 4.78 is 0. The molecule has 2 atom stereocenters. The molecule has 0 amide bonds. The quantitative estimate of drug-likeness (QED) is 0.542. The van der Waals surface area contributed by atoms with E-state index in [0.29, 0.717) is 0 Å². The van der Waals surface area contributed by atoms with Crippen LogP contribution in [0.5, 0.6) is 0 Å². The normalized spacial score (nSPS) is 55.5. The summed E-state index contributed by atoms with van der Waals surface area (Å²) in [6.07, 6.45) is 0. The predicted octanol–water partition coefficient (Wildman–Crippen LogP) is 2.16.